The van der Waals surface area contributed by atoms with Gasteiger partial charge in [-0.25, -0.2) is 0 Å². The SMILES string of the molecule is N#CC1=C(N)Oc2n[nH]c(C(F)(F)F)c2C1c1cccc([N+](=O)[O-])c1. The van der Waals surface area contributed by atoms with E-state index >= 15 is 0 Å². The zero-order chi connectivity index (χ0) is 18.4. The number of alkyl halides is 3. The molecule has 0 radical (unpaired) electrons. The zero-order valence-corrected chi connectivity index (χ0v) is 12.2. The summed E-state index contributed by atoms with van der Waals surface area (Å²) >= 11 is 0. The van der Waals surface area contributed by atoms with Crippen molar-refractivity contribution in [1.29, 1.82) is 5.26 Å². The molecule has 128 valence electrons. The Kier molecular flexibility index (Phi) is 3.60. The van der Waals surface area contributed by atoms with Gasteiger partial charge in [0.1, 0.15) is 17.3 Å². The number of hydrogen-bond acceptors (Lipinski definition) is 6. The van der Waals surface area contributed by atoms with Crippen LogP contribution in [0.5, 0.6) is 5.88 Å². The molecule has 1 aliphatic rings. The second kappa shape index (κ2) is 5.52. The smallest absolute Gasteiger partial charge is 0.420 e. The number of benzene rings is 1. The summed E-state index contributed by atoms with van der Waals surface area (Å²) in [6.07, 6.45) is -4.80. The molecule has 0 aliphatic carbocycles. The highest BCUT2D eigenvalue weighted by molar-refractivity contribution is 5.56. The highest BCUT2D eigenvalue weighted by Crippen LogP contribution is 2.47. The molecule has 1 aliphatic heterocycles. The van der Waals surface area contributed by atoms with Gasteiger partial charge in [-0.05, 0) is 5.56 Å². The number of nitrogens with zero attached hydrogens (tertiary/aromatic N) is 3. The lowest BCUT2D eigenvalue weighted by molar-refractivity contribution is -0.384. The molecule has 2 aromatic rings. The van der Waals surface area contributed by atoms with Gasteiger partial charge in [-0.15, -0.1) is 5.10 Å². The maximum atomic E-state index is 13.3. The third-order valence-corrected chi connectivity index (χ3v) is 3.64. The van der Waals surface area contributed by atoms with Crippen molar-refractivity contribution < 1.29 is 22.8 Å². The van der Waals surface area contributed by atoms with Crippen molar-refractivity contribution in [3.63, 3.8) is 0 Å². The Balaban J connectivity index is 2.28. The molecular formula is C14H8F3N5O3. The minimum atomic E-state index is -4.80. The third-order valence-electron chi connectivity index (χ3n) is 3.64. The molecule has 0 saturated carbocycles. The van der Waals surface area contributed by atoms with Gasteiger partial charge in [0.25, 0.3) is 5.69 Å². The number of allylic oxidation sites excluding steroid dienone is 1. The number of fused-ring (bicyclic) bond motifs is 1. The molecule has 8 nitrogen and oxygen atoms in total. The molecule has 1 unspecified atom stereocenters. The van der Waals surface area contributed by atoms with Crippen molar-refractivity contribution in [1.82, 2.24) is 10.2 Å². The van der Waals surface area contributed by atoms with E-state index in [0.29, 0.717) is 0 Å². The van der Waals surface area contributed by atoms with Crippen LogP contribution in [0.3, 0.4) is 0 Å². The van der Waals surface area contributed by atoms with Gasteiger partial charge < -0.3 is 10.5 Å². The number of aromatic nitrogens is 2. The molecule has 0 spiro atoms. The van der Waals surface area contributed by atoms with Crippen molar-refractivity contribution in [3.8, 4) is 11.9 Å². The van der Waals surface area contributed by atoms with Crippen LogP contribution in [0.4, 0.5) is 18.9 Å². The number of nitrogens with one attached hydrogen (secondary N) is 1. The molecule has 25 heavy (non-hydrogen) atoms. The Morgan fingerprint density at radius 3 is 2.76 bits per heavy atom. The molecule has 11 heteroatoms. The maximum Gasteiger partial charge on any atom is 0.433 e. The highest BCUT2D eigenvalue weighted by Gasteiger charge is 2.44. The Hall–Kier alpha value is -3.55. The maximum absolute atomic E-state index is 13.3. The van der Waals surface area contributed by atoms with Crippen LogP contribution in [0.25, 0.3) is 0 Å². The average Bonchev–Trinajstić information content (AvgIpc) is 2.97. The summed E-state index contributed by atoms with van der Waals surface area (Å²) in [5.41, 5.74) is 3.42. The second-order valence-corrected chi connectivity index (χ2v) is 5.09. The molecule has 3 rings (SSSR count). The lowest BCUT2D eigenvalue weighted by Crippen LogP contribution is -2.22. The number of hydrogen-bond donors (Lipinski definition) is 2. The van der Waals surface area contributed by atoms with Crippen LogP contribution in [0.2, 0.25) is 0 Å². The molecule has 1 aromatic carbocycles. The van der Waals surface area contributed by atoms with Gasteiger partial charge in [0.15, 0.2) is 0 Å². The Bertz CT molecular complexity index is 942. The van der Waals surface area contributed by atoms with Gasteiger partial charge >= 0.3 is 6.18 Å². The first-order chi connectivity index (χ1) is 11.7. The number of nitro groups is 1. The fourth-order valence-electron chi connectivity index (χ4n) is 2.61. The fraction of sp³-hybridized carbons (Fsp3) is 0.143. The van der Waals surface area contributed by atoms with Crippen LogP contribution in [0.1, 0.15) is 22.7 Å². The predicted octanol–water partition coefficient (Wildman–Crippen LogP) is 2.55. The van der Waals surface area contributed by atoms with Gasteiger partial charge in [-0.1, -0.05) is 12.1 Å². The van der Waals surface area contributed by atoms with Crippen molar-refractivity contribution in [2.75, 3.05) is 0 Å². The number of aromatic amines is 1. The van der Waals surface area contributed by atoms with Crippen molar-refractivity contribution in [2.24, 2.45) is 5.73 Å². The van der Waals surface area contributed by atoms with E-state index in [1.807, 2.05) is 5.10 Å². The van der Waals surface area contributed by atoms with E-state index in [1.165, 1.54) is 18.2 Å². The van der Waals surface area contributed by atoms with E-state index in [-0.39, 0.29) is 16.8 Å². The molecule has 0 fully saturated rings. The normalized spacial score (nSPS) is 16.8. The standard InChI is InChI=1S/C14H8F3N5O3/c15-14(16,17)11-10-9(6-2-1-3-7(4-6)22(23)24)8(5-18)12(19)25-13(10)21-20-11/h1-4,9H,19H2,(H,20,21). The van der Waals surface area contributed by atoms with E-state index < -0.39 is 40.0 Å². The summed E-state index contributed by atoms with van der Waals surface area (Å²) in [7, 11) is 0. The van der Waals surface area contributed by atoms with E-state index in [0.717, 1.165) is 6.07 Å². The zero-order valence-electron chi connectivity index (χ0n) is 12.2. The van der Waals surface area contributed by atoms with E-state index in [9.17, 15) is 28.5 Å². The summed E-state index contributed by atoms with van der Waals surface area (Å²) in [6, 6.07) is 6.65. The van der Waals surface area contributed by atoms with Gasteiger partial charge in [0, 0.05) is 12.1 Å². The number of nitriles is 1. The minimum absolute atomic E-state index is 0.0881. The first kappa shape index (κ1) is 16.3. The van der Waals surface area contributed by atoms with Crippen LogP contribution < -0.4 is 10.5 Å². The number of nitro benzene ring substituents is 1. The van der Waals surface area contributed by atoms with Crippen LogP contribution in [0, 0.1) is 21.4 Å². The third kappa shape index (κ3) is 2.63. The molecule has 1 aromatic heterocycles. The predicted molar refractivity (Wildman–Crippen MR) is 76.0 cm³/mol. The molecule has 0 saturated heterocycles. The summed E-state index contributed by atoms with van der Waals surface area (Å²) in [6.45, 7) is 0. The Labute approximate surface area is 137 Å². The lowest BCUT2D eigenvalue weighted by atomic mass is 9.84. The topological polar surface area (TPSA) is 131 Å². The Morgan fingerprint density at radius 1 is 1.44 bits per heavy atom. The van der Waals surface area contributed by atoms with Crippen molar-refractivity contribution >= 4 is 5.69 Å². The van der Waals surface area contributed by atoms with E-state index in [1.54, 1.807) is 6.07 Å². The van der Waals surface area contributed by atoms with Crippen LogP contribution in [-0.2, 0) is 6.18 Å². The van der Waals surface area contributed by atoms with Crippen LogP contribution >= 0.6 is 0 Å². The molecule has 3 N–H and O–H groups in total. The van der Waals surface area contributed by atoms with Crippen molar-refractivity contribution in [3.05, 3.63) is 62.7 Å². The first-order valence-corrected chi connectivity index (χ1v) is 6.71. The summed E-state index contributed by atoms with van der Waals surface area (Å²) < 4.78 is 44.8. The van der Waals surface area contributed by atoms with Crippen LogP contribution in [0.15, 0.2) is 35.7 Å². The number of H-pyrrole nitrogens is 1. The summed E-state index contributed by atoms with van der Waals surface area (Å²) in [5, 5.41) is 25.6. The quantitative estimate of drug-likeness (QED) is 0.631. The fourth-order valence-corrected chi connectivity index (χ4v) is 2.61. The number of nitrogens with two attached hydrogens (primary N) is 1. The average molecular weight is 351 g/mol. The number of non-ortho nitro benzene ring substituents is 1. The first-order valence-electron chi connectivity index (χ1n) is 6.71. The number of rotatable bonds is 2. The molecule has 0 amide bonds. The minimum Gasteiger partial charge on any atom is -0.420 e. The number of halogens is 3. The second-order valence-electron chi connectivity index (χ2n) is 5.09. The van der Waals surface area contributed by atoms with Gasteiger partial charge in [-0.2, -0.15) is 18.4 Å². The Morgan fingerprint density at radius 2 is 2.16 bits per heavy atom. The summed E-state index contributed by atoms with van der Waals surface area (Å²) in [5.74, 6) is -2.14. The molecule has 1 atom stereocenters. The monoisotopic (exact) mass is 351 g/mol. The molecule has 0 bridgehead atoms. The van der Waals surface area contributed by atoms with Gasteiger partial charge in [-0.3, -0.25) is 15.2 Å². The van der Waals surface area contributed by atoms with E-state index in [2.05, 4.69) is 5.10 Å². The lowest BCUT2D eigenvalue weighted by Gasteiger charge is -2.24. The van der Waals surface area contributed by atoms with Crippen molar-refractivity contribution in [2.45, 2.75) is 12.1 Å². The van der Waals surface area contributed by atoms with E-state index in [4.69, 9.17) is 10.5 Å². The molecular weight excluding hydrogens is 343 g/mol. The highest BCUT2D eigenvalue weighted by atomic mass is 19.4. The summed E-state index contributed by atoms with van der Waals surface area (Å²) in [4.78, 5) is 10.3. The molecule has 2 heterocycles. The number of ether oxygens (including phenoxy) is 1. The van der Waals surface area contributed by atoms with Gasteiger partial charge in [0.2, 0.25) is 11.8 Å². The van der Waals surface area contributed by atoms with Crippen LogP contribution in [-0.4, -0.2) is 15.1 Å². The van der Waals surface area contributed by atoms with Gasteiger partial charge in [0.05, 0.1) is 16.4 Å². The largest absolute Gasteiger partial charge is 0.433 e.